The Morgan fingerprint density at radius 1 is 1.15 bits per heavy atom. The van der Waals surface area contributed by atoms with Crippen molar-refractivity contribution < 1.29 is 0 Å². The van der Waals surface area contributed by atoms with Gasteiger partial charge in [-0.15, -0.1) is 5.10 Å². The second-order valence-corrected chi connectivity index (χ2v) is 9.04. The highest BCUT2D eigenvalue weighted by molar-refractivity contribution is 5.04. The molecule has 148 valence electrons. The summed E-state index contributed by atoms with van der Waals surface area (Å²) in [5, 5.41) is 8.49. The Hall–Kier alpha value is -1.38. The van der Waals surface area contributed by atoms with E-state index in [0.717, 1.165) is 37.9 Å². The van der Waals surface area contributed by atoms with Crippen molar-refractivity contribution in [3.8, 4) is 0 Å². The van der Waals surface area contributed by atoms with E-state index in [9.17, 15) is 0 Å². The summed E-state index contributed by atoms with van der Waals surface area (Å²) in [6, 6.07) is 0. The summed E-state index contributed by atoms with van der Waals surface area (Å²) in [5.41, 5.74) is 4.56. The Labute approximate surface area is 162 Å². The maximum Gasteiger partial charge on any atom is 0.0829 e. The van der Waals surface area contributed by atoms with Crippen LogP contribution in [0.2, 0.25) is 0 Å². The van der Waals surface area contributed by atoms with Crippen LogP contribution in [0.4, 0.5) is 0 Å². The smallest absolute Gasteiger partial charge is 0.0829 e. The Kier molecular flexibility index (Phi) is 9.90. The van der Waals surface area contributed by atoms with Crippen LogP contribution in [0.3, 0.4) is 0 Å². The van der Waals surface area contributed by atoms with Crippen LogP contribution < -0.4 is 0 Å². The summed E-state index contributed by atoms with van der Waals surface area (Å²) >= 11 is 0. The lowest BCUT2D eigenvalue weighted by Crippen LogP contribution is -2.07. The molecule has 1 aromatic rings. The number of aryl methyl sites for hydroxylation is 1. The highest BCUT2D eigenvalue weighted by Gasteiger charge is 2.12. The largest absolute Gasteiger partial charge is 0.252 e. The fourth-order valence-corrected chi connectivity index (χ4v) is 2.82. The van der Waals surface area contributed by atoms with Crippen molar-refractivity contribution in [2.24, 2.45) is 11.3 Å². The first kappa shape index (κ1) is 22.7. The van der Waals surface area contributed by atoms with Gasteiger partial charge in [0.05, 0.1) is 5.69 Å². The van der Waals surface area contributed by atoms with Crippen molar-refractivity contribution in [1.29, 1.82) is 0 Å². The number of nitrogens with zero attached hydrogens (tertiary/aromatic N) is 3. The van der Waals surface area contributed by atoms with Gasteiger partial charge in [-0.2, -0.15) is 0 Å². The summed E-state index contributed by atoms with van der Waals surface area (Å²) < 4.78 is 1.99. The molecular weight excluding hydrogens is 318 g/mol. The summed E-state index contributed by atoms with van der Waals surface area (Å²) in [6.07, 6.45) is 15.0. The van der Waals surface area contributed by atoms with Gasteiger partial charge < -0.3 is 0 Å². The molecule has 0 bridgehead atoms. The van der Waals surface area contributed by atoms with E-state index in [-0.39, 0.29) is 0 Å². The SMILES string of the molecule is CCC(C)(C)C/C=C(\C)CC/C=C(\C)CCCn1cc(CC(C)C)nn1. The fourth-order valence-electron chi connectivity index (χ4n) is 2.82. The van der Waals surface area contributed by atoms with E-state index in [1.165, 1.54) is 30.4 Å². The van der Waals surface area contributed by atoms with Crippen molar-refractivity contribution in [1.82, 2.24) is 15.0 Å². The molecular formula is C23H41N3. The zero-order valence-corrected chi connectivity index (χ0v) is 18.3. The van der Waals surface area contributed by atoms with Gasteiger partial charge in [0.25, 0.3) is 0 Å². The number of allylic oxidation sites excluding steroid dienone is 4. The van der Waals surface area contributed by atoms with E-state index < -0.39 is 0 Å². The van der Waals surface area contributed by atoms with Crippen molar-refractivity contribution in [3.63, 3.8) is 0 Å². The molecule has 0 atom stereocenters. The van der Waals surface area contributed by atoms with E-state index in [0.29, 0.717) is 11.3 Å². The molecule has 0 spiro atoms. The van der Waals surface area contributed by atoms with Gasteiger partial charge in [-0.3, -0.25) is 4.68 Å². The molecule has 3 nitrogen and oxygen atoms in total. The lowest BCUT2D eigenvalue weighted by molar-refractivity contribution is 0.356. The van der Waals surface area contributed by atoms with Crippen LogP contribution in [-0.2, 0) is 13.0 Å². The maximum atomic E-state index is 4.26. The van der Waals surface area contributed by atoms with E-state index in [2.05, 4.69) is 77.1 Å². The fraction of sp³-hybridized carbons (Fsp3) is 0.739. The third kappa shape index (κ3) is 9.94. The Bertz CT molecular complexity index is 576. The van der Waals surface area contributed by atoms with Crippen LogP contribution in [0, 0.1) is 11.3 Å². The van der Waals surface area contributed by atoms with E-state index in [4.69, 9.17) is 0 Å². The molecule has 0 saturated heterocycles. The minimum absolute atomic E-state index is 0.434. The standard InChI is InChI=1S/C23H41N3/c1-8-23(6,7)15-14-21(5)12-9-11-20(4)13-10-16-26-18-22(24-25-26)17-19(2)3/h11,14,18-19H,8-10,12-13,15-17H2,1-7H3/b20-11+,21-14+. The predicted molar refractivity (Wildman–Crippen MR) is 113 cm³/mol. The third-order valence-corrected chi connectivity index (χ3v) is 5.15. The van der Waals surface area contributed by atoms with Gasteiger partial charge in [0.2, 0.25) is 0 Å². The van der Waals surface area contributed by atoms with Gasteiger partial charge >= 0.3 is 0 Å². The first-order valence-electron chi connectivity index (χ1n) is 10.4. The van der Waals surface area contributed by atoms with Crippen LogP contribution in [0.1, 0.15) is 92.7 Å². The molecule has 0 saturated carbocycles. The molecule has 0 unspecified atom stereocenters. The van der Waals surface area contributed by atoms with Crippen LogP contribution >= 0.6 is 0 Å². The first-order chi connectivity index (χ1) is 12.2. The highest BCUT2D eigenvalue weighted by atomic mass is 15.4. The van der Waals surface area contributed by atoms with Crippen LogP contribution in [0.25, 0.3) is 0 Å². The molecule has 26 heavy (non-hydrogen) atoms. The molecule has 0 aromatic carbocycles. The zero-order valence-electron chi connectivity index (χ0n) is 18.3. The summed E-state index contributed by atoms with van der Waals surface area (Å²) in [6.45, 7) is 16.9. The van der Waals surface area contributed by atoms with Crippen LogP contribution in [0.5, 0.6) is 0 Å². The number of rotatable bonds is 12. The zero-order chi connectivity index (χ0) is 19.6. The number of hydrogen-bond acceptors (Lipinski definition) is 2. The maximum absolute atomic E-state index is 4.26. The molecule has 0 aliphatic heterocycles. The molecule has 1 heterocycles. The minimum Gasteiger partial charge on any atom is -0.252 e. The van der Waals surface area contributed by atoms with Crippen molar-refractivity contribution in [2.45, 2.75) is 100.0 Å². The van der Waals surface area contributed by atoms with Crippen LogP contribution in [0.15, 0.2) is 29.5 Å². The van der Waals surface area contributed by atoms with Crippen molar-refractivity contribution in [2.75, 3.05) is 0 Å². The van der Waals surface area contributed by atoms with E-state index in [1.54, 1.807) is 0 Å². The molecule has 0 aliphatic rings. The molecule has 0 fully saturated rings. The quantitative estimate of drug-likeness (QED) is 0.386. The monoisotopic (exact) mass is 359 g/mol. The first-order valence-corrected chi connectivity index (χ1v) is 10.4. The summed E-state index contributed by atoms with van der Waals surface area (Å²) in [5.74, 6) is 0.635. The molecule has 0 N–H and O–H groups in total. The molecule has 0 amide bonds. The predicted octanol–water partition coefficient (Wildman–Crippen LogP) is 6.76. The lowest BCUT2D eigenvalue weighted by Gasteiger charge is -2.20. The normalized spacial score (nSPS) is 13.7. The van der Waals surface area contributed by atoms with Crippen molar-refractivity contribution >= 4 is 0 Å². The van der Waals surface area contributed by atoms with Gasteiger partial charge in [0.15, 0.2) is 0 Å². The lowest BCUT2D eigenvalue weighted by atomic mass is 9.85. The number of hydrogen-bond donors (Lipinski definition) is 0. The molecule has 0 aliphatic carbocycles. The summed E-state index contributed by atoms with van der Waals surface area (Å²) in [4.78, 5) is 0. The van der Waals surface area contributed by atoms with E-state index >= 15 is 0 Å². The van der Waals surface area contributed by atoms with Gasteiger partial charge in [-0.1, -0.05) is 69.6 Å². The van der Waals surface area contributed by atoms with Gasteiger partial charge in [0, 0.05) is 12.7 Å². The van der Waals surface area contributed by atoms with Gasteiger partial charge in [-0.25, -0.2) is 0 Å². The Morgan fingerprint density at radius 3 is 2.50 bits per heavy atom. The Morgan fingerprint density at radius 2 is 1.85 bits per heavy atom. The second-order valence-electron chi connectivity index (χ2n) is 9.04. The van der Waals surface area contributed by atoms with Crippen LogP contribution in [-0.4, -0.2) is 15.0 Å². The average Bonchev–Trinajstić information content (AvgIpc) is 2.99. The molecule has 1 rings (SSSR count). The Balaban J connectivity index is 2.27. The molecule has 1 aromatic heterocycles. The molecule has 3 heteroatoms. The van der Waals surface area contributed by atoms with E-state index in [1.807, 2.05) is 4.68 Å². The van der Waals surface area contributed by atoms with Crippen molar-refractivity contribution in [3.05, 3.63) is 35.2 Å². The molecule has 0 radical (unpaired) electrons. The second kappa shape index (κ2) is 11.4. The number of aromatic nitrogens is 3. The highest BCUT2D eigenvalue weighted by Crippen LogP contribution is 2.26. The third-order valence-electron chi connectivity index (χ3n) is 5.15. The average molecular weight is 360 g/mol. The minimum atomic E-state index is 0.434. The van der Waals surface area contributed by atoms with Gasteiger partial charge in [-0.05, 0) is 63.7 Å². The topological polar surface area (TPSA) is 30.7 Å². The summed E-state index contributed by atoms with van der Waals surface area (Å²) in [7, 11) is 0. The van der Waals surface area contributed by atoms with Gasteiger partial charge in [0.1, 0.15) is 0 Å².